The van der Waals surface area contributed by atoms with E-state index in [4.69, 9.17) is 9.84 Å². The van der Waals surface area contributed by atoms with Gasteiger partial charge in [0.15, 0.2) is 0 Å². The summed E-state index contributed by atoms with van der Waals surface area (Å²) in [5, 5.41) is 8.99. The summed E-state index contributed by atoms with van der Waals surface area (Å²) in [6.45, 7) is 0.207. The summed E-state index contributed by atoms with van der Waals surface area (Å²) < 4.78 is 5.01. The van der Waals surface area contributed by atoms with Crippen LogP contribution in [0.4, 0.5) is 0 Å². The lowest BCUT2D eigenvalue weighted by Gasteiger charge is -2.21. The van der Waals surface area contributed by atoms with Crippen LogP contribution in [0.1, 0.15) is 0 Å². The number of hydrogen-bond acceptors (Lipinski definition) is 2. The maximum atomic E-state index is 11.0. The van der Waals surface area contributed by atoms with Gasteiger partial charge in [-0.15, -0.1) is 0 Å². The first-order valence-corrected chi connectivity index (χ1v) is 3.67. The molecule has 1 N–H and O–H groups in total. The Bertz CT molecular complexity index is 312. The molecule has 1 aliphatic heterocycles. The van der Waals surface area contributed by atoms with Crippen LogP contribution in [-0.4, -0.2) is 17.7 Å². The fourth-order valence-electron chi connectivity index (χ4n) is 1.42. The summed E-state index contributed by atoms with van der Waals surface area (Å²) in [6.07, 6.45) is 8.48. The Kier molecular flexibility index (Phi) is 1.33. The Balaban J connectivity index is 2.48. The summed E-state index contributed by atoms with van der Waals surface area (Å²) in [6, 6.07) is 0. The molecule has 0 aromatic carbocycles. The van der Waals surface area contributed by atoms with Crippen LogP contribution in [0.2, 0.25) is 0 Å². The SMILES string of the molecule is O=C(O)C12C=CC=CC1=COC2. The smallest absolute Gasteiger partial charge is 0.321 e. The van der Waals surface area contributed by atoms with Crippen molar-refractivity contribution in [3.05, 3.63) is 36.1 Å². The van der Waals surface area contributed by atoms with Crippen LogP contribution in [0.5, 0.6) is 0 Å². The average molecular weight is 164 g/mol. The maximum Gasteiger partial charge on any atom is 0.321 e. The molecule has 0 saturated heterocycles. The van der Waals surface area contributed by atoms with E-state index in [1.165, 1.54) is 6.26 Å². The van der Waals surface area contributed by atoms with Crippen LogP contribution in [0.3, 0.4) is 0 Å². The number of hydrogen-bond donors (Lipinski definition) is 1. The van der Waals surface area contributed by atoms with E-state index in [2.05, 4.69) is 0 Å². The first-order chi connectivity index (χ1) is 5.76. The topological polar surface area (TPSA) is 46.5 Å². The lowest BCUT2D eigenvalue weighted by Crippen LogP contribution is -2.32. The van der Waals surface area contributed by atoms with E-state index in [1.807, 2.05) is 6.08 Å². The minimum absolute atomic E-state index is 0.207. The maximum absolute atomic E-state index is 11.0. The Morgan fingerprint density at radius 1 is 1.58 bits per heavy atom. The van der Waals surface area contributed by atoms with Gasteiger partial charge in [-0.05, 0) is 0 Å². The molecule has 0 amide bonds. The van der Waals surface area contributed by atoms with Crippen LogP contribution >= 0.6 is 0 Å². The van der Waals surface area contributed by atoms with Crippen LogP contribution < -0.4 is 0 Å². The summed E-state index contributed by atoms with van der Waals surface area (Å²) in [5.74, 6) is -0.855. The van der Waals surface area contributed by atoms with Gasteiger partial charge in [0, 0.05) is 5.57 Å². The van der Waals surface area contributed by atoms with Gasteiger partial charge in [0.25, 0.3) is 0 Å². The molecular weight excluding hydrogens is 156 g/mol. The lowest BCUT2D eigenvalue weighted by atomic mass is 9.80. The van der Waals surface area contributed by atoms with Crippen molar-refractivity contribution in [2.75, 3.05) is 6.61 Å². The zero-order valence-electron chi connectivity index (χ0n) is 6.36. The molecule has 3 heteroatoms. The van der Waals surface area contributed by atoms with Crippen molar-refractivity contribution in [3.63, 3.8) is 0 Å². The molecule has 12 heavy (non-hydrogen) atoms. The Hall–Kier alpha value is -1.51. The summed E-state index contributed by atoms with van der Waals surface area (Å²) >= 11 is 0. The third-order valence-electron chi connectivity index (χ3n) is 2.19. The molecule has 1 unspecified atom stereocenters. The average Bonchev–Trinajstić information content (AvgIpc) is 2.48. The molecule has 2 aliphatic rings. The van der Waals surface area contributed by atoms with Gasteiger partial charge in [-0.25, -0.2) is 0 Å². The summed E-state index contributed by atoms with van der Waals surface area (Å²) in [7, 11) is 0. The van der Waals surface area contributed by atoms with Crippen molar-refractivity contribution in [3.8, 4) is 0 Å². The van der Waals surface area contributed by atoms with E-state index < -0.39 is 11.4 Å². The molecule has 62 valence electrons. The summed E-state index contributed by atoms with van der Waals surface area (Å²) in [5.41, 5.74) is -0.202. The van der Waals surface area contributed by atoms with E-state index in [9.17, 15) is 4.79 Å². The molecule has 1 heterocycles. The highest BCUT2D eigenvalue weighted by molar-refractivity contribution is 5.83. The number of fused-ring (bicyclic) bond motifs is 1. The van der Waals surface area contributed by atoms with Gasteiger partial charge in [0.2, 0.25) is 0 Å². The number of ether oxygens (including phenoxy) is 1. The normalized spacial score (nSPS) is 30.8. The highest BCUT2D eigenvalue weighted by Gasteiger charge is 2.44. The van der Waals surface area contributed by atoms with Gasteiger partial charge in [0.1, 0.15) is 12.0 Å². The first-order valence-electron chi connectivity index (χ1n) is 3.67. The third kappa shape index (κ3) is 0.733. The Morgan fingerprint density at radius 2 is 2.42 bits per heavy atom. The van der Waals surface area contributed by atoms with Crippen molar-refractivity contribution in [1.29, 1.82) is 0 Å². The van der Waals surface area contributed by atoms with E-state index in [-0.39, 0.29) is 6.61 Å². The number of allylic oxidation sites excluding steroid dienone is 3. The van der Waals surface area contributed by atoms with Crippen molar-refractivity contribution in [2.45, 2.75) is 0 Å². The second-order valence-electron chi connectivity index (χ2n) is 2.88. The van der Waals surface area contributed by atoms with Crippen molar-refractivity contribution < 1.29 is 14.6 Å². The van der Waals surface area contributed by atoms with Gasteiger partial charge >= 0.3 is 5.97 Å². The lowest BCUT2D eigenvalue weighted by molar-refractivity contribution is -0.144. The highest BCUT2D eigenvalue weighted by atomic mass is 16.5. The molecule has 3 nitrogen and oxygen atoms in total. The fraction of sp³-hybridized carbons (Fsp3) is 0.222. The summed E-state index contributed by atoms with van der Waals surface area (Å²) in [4.78, 5) is 11.0. The van der Waals surface area contributed by atoms with E-state index in [0.29, 0.717) is 0 Å². The van der Waals surface area contributed by atoms with Gasteiger partial charge in [-0.1, -0.05) is 24.3 Å². The van der Waals surface area contributed by atoms with E-state index in [1.54, 1.807) is 18.2 Å². The molecule has 0 aromatic heterocycles. The number of rotatable bonds is 1. The van der Waals surface area contributed by atoms with Gasteiger partial charge in [-0.3, -0.25) is 4.79 Å². The van der Waals surface area contributed by atoms with Gasteiger partial charge in [0.05, 0.1) is 6.26 Å². The highest BCUT2D eigenvalue weighted by Crippen LogP contribution is 2.37. The molecule has 0 bridgehead atoms. The standard InChI is InChI=1S/C9H8O3/c10-8(11)9-4-2-1-3-7(9)5-12-6-9/h1-5H,6H2,(H,10,11). The predicted molar refractivity (Wildman–Crippen MR) is 42.4 cm³/mol. The van der Waals surface area contributed by atoms with Crippen LogP contribution in [-0.2, 0) is 9.53 Å². The zero-order chi connectivity index (χ0) is 8.60. The van der Waals surface area contributed by atoms with Crippen LogP contribution in [0.25, 0.3) is 0 Å². The van der Waals surface area contributed by atoms with Crippen molar-refractivity contribution in [1.82, 2.24) is 0 Å². The molecule has 0 spiro atoms. The molecule has 1 atom stereocenters. The number of carboxylic acid groups (broad SMARTS) is 1. The third-order valence-corrected chi connectivity index (χ3v) is 2.19. The fourth-order valence-corrected chi connectivity index (χ4v) is 1.42. The largest absolute Gasteiger partial charge is 0.499 e. The molecule has 0 saturated carbocycles. The van der Waals surface area contributed by atoms with E-state index in [0.717, 1.165) is 5.57 Å². The van der Waals surface area contributed by atoms with Gasteiger partial charge < -0.3 is 9.84 Å². The molecule has 0 aromatic rings. The first kappa shape index (κ1) is 7.16. The minimum atomic E-state index is -0.922. The molecule has 0 fully saturated rings. The van der Waals surface area contributed by atoms with Crippen molar-refractivity contribution >= 4 is 5.97 Å². The number of carbonyl (C=O) groups is 1. The van der Waals surface area contributed by atoms with Crippen LogP contribution in [0, 0.1) is 5.41 Å². The molecular formula is C9H8O3. The predicted octanol–water partition coefficient (Wildman–Crippen LogP) is 1.10. The second-order valence-corrected chi connectivity index (χ2v) is 2.88. The Labute approximate surface area is 69.6 Å². The molecule has 2 rings (SSSR count). The minimum Gasteiger partial charge on any atom is -0.499 e. The quantitative estimate of drug-likeness (QED) is 0.631. The Morgan fingerprint density at radius 3 is 3.08 bits per heavy atom. The number of carboxylic acids is 1. The molecule has 1 aliphatic carbocycles. The van der Waals surface area contributed by atoms with Crippen LogP contribution in [0.15, 0.2) is 36.1 Å². The zero-order valence-corrected chi connectivity index (χ0v) is 6.36. The van der Waals surface area contributed by atoms with Crippen molar-refractivity contribution in [2.24, 2.45) is 5.41 Å². The van der Waals surface area contributed by atoms with E-state index >= 15 is 0 Å². The van der Waals surface area contributed by atoms with Gasteiger partial charge in [-0.2, -0.15) is 0 Å². The second kappa shape index (κ2) is 2.24. The monoisotopic (exact) mass is 164 g/mol. The molecule has 0 radical (unpaired) electrons. The number of aliphatic carboxylic acids is 1.